The smallest absolute Gasteiger partial charge is 0.311 e. The summed E-state index contributed by atoms with van der Waals surface area (Å²) in [5, 5.41) is 9.25. The van der Waals surface area contributed by atoms with Crippen molar-refractivity contribution in [1.82, 2.24) is 4.90 Å². The molecule has 0 spiro atoms. The zero-order chi connectivity index (χ0) is 16.6. The van der Waals surface area contributed by atoms with Crippen LogP contribution in [0.4, 0.5) is 5.69 Å². The second kappa shape index (κ2) is 5.68. The molecule has 2 saturated heterocycles. The maximum atomic E-state index is 12.5. The van der Waals surface area contributed by atoms with Crippen LogP contribution in [0.2, 0.25) is 0 Å². The van der Waals surface area contributed by atoms with Gasteiger partial charge in [-0.25, -0.2) is 0 Å². The van der Waals surface area contributed by atoms with Crippen LogP contribution in [-0.4, -0.2) is 47.4 Å². The van der Waals surface area contributed by atoms with E-state index in [4.69, 9.17) is 0 Å². The van der Waals surface area contributed by atoms with Gasteiger partial charge < -0.3 is 14.9 Å². The van der Waals surface area contributed by atoms with Crippen LogP contribution >= 0.6 is 0 Å². The van der Waals surface area contributed by atoms with Gasteiger partial charge in [-0.15, -0.1) is 0 Å². The average Bonchev–Trinajstić information content (AvgIpc) is 3.14. The molecule has 3 rings (SSSR count). The first kappa shape index (κ1) is 15.5. The Morgan fingerprint density at radius 3 is 2.39 bits per heavy atom. The van der Waals surface area contributed by atoms with Crippen molar-refractivity contribution in [2.45, 2.75) is 26.2 Å². The van der Waals surface area contributed by atoms with E-state index >= 15 is 0 Å². The van der Waals surface area contributed by atoms with E-state index in [0.29, 0.717) is 24.9 Å². The van der Waals surface area contributed by atoms with Gasteiger partial charge in [0.25, 0.3) is 5.91 Å². The molecule has 23 heavy (non-hydrogen) atoms. The van der Waals surface area contributed by atoms with Gasteiger partial charge >= 0.3 is 5.97 Å². The van der Waals surface area contributed by atoms with Crippen LogP contribution in [-0.2, 0) is 9.59 Å². The monoisotopic (exact) mass is 316 g/mol. The fourth-order valence-corrected chi connectivity index (χ4v) is 3.20. The molecule has 2 aliphatic heterocycles. The van der Waals surface area contributed by atoms with Gasteiger partial charge in [-0.05, 0) is 44.0 Å². The highest BCUT2D eigenvalue weighted by atomic mass is 16.4. The van der Waals surface area contributed by atoms with Crippen LogP contribution in [0.15, 0.2) is 24.3 Å². The normalized spacial score (nSPS) is 24.3. The number of benzene rings is 1. The summed E-state index contributed by atoms with van der Waals surface area (Å²) in [4.78, 5) is 38.8. The van der Waals surface area contributed by atoms with Crippen molar-refractivity contribution in [3.05, 3.63) is 29.8 Å². The first-order valence-electron chi connectivity index (χ1n) is 7.84. The Hall–Kier alpha value is -2.37. The van der Waals surface area contributed by atoms with Crippen molar-refractivity contribution < 1.29 is 19.5 Å². The number of carbonyl (C=O) groups excluding carboxylic acids is 2. The third kappa shape index (κ3) is 2.81. The molecule has 2 heterocycles. The zero-order valence-corrected chi connectivity index (χ0v) is 13.1. The summed E-state index contributed by atoms with van der Waals surface area (Å²) in [6.45, 7) is 3.07. The van der Waals surface area contributed by atoms with Crippen LogP contribution in [0.5, 0.6) is 0 Å². The molecule has 1 atom stereocenters. The molecule has 1 N–H and O–H groups in total. The molecule has 122 valence electrons. The van der Waals surface area contributed by atoms with Crippen molar-refractivity contribution in [2.24, 2.45) is 5.41 Å². The molecular weight excluding hydrogens is 296 g/mol. The lowest BCUT2D eigenvalue weighted by Crippen LogP contribution is -2.34. The van der Waals surface area contributed by atoms with Gasteiger partial charge in [-0.3, -0.25) is 14.4 Å². The highest BCUT2D eigenvalue weighted by Crippen LogP contribution is 2.31. The molecule has 1 aromatic carbocycles. The van der Waals surface area contributed by atoms with Gasteiger partial charge in [-0.2, -0.15) is 0 Å². The minimum absolute atomic E-state index is 0.112. The number of nitrogens with zero attached hydrogens (tertiary/aromatic N) is 2. The SMILES string of the molecule is C[C@@]1(C(=O)O)CCN(C(=O)c2ccc(N3CCCC3=O)cc2)C1. The summed E-state index contributed by atoms with van der Waals surface area (Å²) >= 11 is 0. The molecule has 6 nitrogen and oxygen atoms in total. The van der Waals surface area contributed by atoms with Gasteiger partial charge in [-0.1, -0.05) is 0 Å². The van der Waals surface area contributed by atoms with Crippen LogP contribution in [0.25, 0.3) is 0 Å². The number of aliphatic carboxylic acids is 1. The largest absolute Gasteiger partial charge is 0.481 e. The minimum atomic E-state index is -0.865. The molecular formula is C17H20N2O4. The quantitative estimate of drug-likeness (QED) is 0.921. The van der Waals surface area contributed by atoms with Crippen molar-refractivity contribution in [1.29, 1.82) is 0 Å². The molecule has 0 bridgehead atoms. The molecule has 0 aromatic heterocycles. The second-order valence-corrected chi connectivity index (χ2v) is 6.54. The number of rotatable bonds is 3. The summed E-state index contributed by atoms with van der Waals surface area (Å²) in [5.41, 5.74) is 0.466. The van der Waals surface area contributed by atoms with Crippen LogP contribution in [0, 0.1) is 5.41 Å². The standard InChI is InChI=1S/C17H20N2O4/c1-17(16(22)23)8-10-18(11-17)15(21)12-4-6-13(7-5-12)19-9-2-3-14(19)20/h4-7H,2-3,8-11H2,1H3,(H,22,23)/t17-/m1/s1. The van der Waals surface area contributed by atoms with Crippen LogP contribution < -0.4 is 4.90 Å². The first-order chi connectivity index (χ1) is 10.9. The Bertz CT molecular complexity index is 655. The van der Waals surface area contributed by atoms with Crippen molar-refractivity contribution in [3.8, 4) is 0 Å². The number of likely N-dealkylation sites (tertiary alicyclic amines) is 1. The van der Waals surface area contributed by atoms with Gasteiger partial charge in [0.15, 0.2) is 0 Å². The average molecular weight is 316 g/mol. The van der Waals surface area contributed by atoms with E-state index in [-0.39, 0.29) is 18.4 Å². The topological polar surface area (TPSA) is 77.9 Å². The first-order valence-corrected chi connectivity index (χ1v) is 7.84. The fraction of sp³-hybridized carbons (Fsp3) is 0.471. The summed E-state index contributed by atoms with van der Waals surface area (Å²) in [7, 11) is 0. The Labute approximate surface area is 134 Å². The fourth-order valence-electron chi connectivity index (χ4n) is 3.20. The Balaban J connectivity index is 1.71. The maximum absolute atomic E-state index is 12.5. The number of carboxylic acids is 1. The molecule has 2 aliphatic rings. The molecule has 0 radical (unpaired) electrons. The lowest BCUT2D eigenvalue weighted by Gasteiger charge is -2.21. The number of carboxylic acid groups (broad SMARTS) is 1. The summed E-state index contributed by atoms with van der Waals surface area (Å²) in [6.07, 6.45) is 1.90. The Morgan fingerprint density at radius 1 is 1.17 bits per heavy atom. The summed E-state index contributed by atoms with van der Waals surface area (Å²) in [6, 6.07) is 6.98. The van der Waals surface area contributed by atoms with Crippen LogP contribution in [0.1, 0.15) is 36.5 Å². The lowest BCUT2D eigenvalue weighted by atomic mass is 9.90. The maximum Gasteiger partial charge on any atom is 0.311 e. The molecule has 0 aliphatic carbocycles. The Kier molecular flexibility index (Phi) is 3.83. The van der Waals surface area contributed by atoms with E-state index in [0.717, 1.165) is 18.7 Å². The third-order valence-corrected chi connectivity index (χ3v) is 4.78. The van der Waals surface area contributed by atoms with Gasteiger partial charge in [0.1, 0.15) is 0 Å². The minimum Gasteiger partial charge on any atom is -0.481 e. The molecule has 1 aromatic rings. The molecule has 2 amide bonds. The lowest BCUT2D eigenvalue weighted by molar-refractivity contribution is -0.147. The number of carbonyl (C=O) groups is 3. The number of hydrogen-bond donors (Lipinski definition) is 1. The van der Waals surface area contributed by atoms with Crippen molar-refractivity contribution >= 4 is 23.5 Å². The van der Waals surface area contributed by atoms with E-state index in [2.05, 4.69) is 0 Å². The second-order valence-electron chi connectivity index (χ2n) is 6.54. The highest BCUT2D eigenvalue weighted by Gasteiger charge is 2.42. The van der Waals surface area contributed by atoms with E-state index < -0.39 is 11.4 Å². The van der Waals surface area contributed by atoms with E-state index in [9.17, 15) is 19.5 Å². The van der Waals surface area contributed by atoms with E-state index in [1.54, 1.807) is 41.0 Å². The highest BCUT2D eigenvalue weighted by molar-refractivity contribution is 5.98. The van der Waals surface area contributed by atoms with E-state index in [1.165, 1.54) is 0 Å². The number of hydrogen-bond acceptors (Lipinski definition) is 3. The number of anilines is 1. The summed E-state index contributed by atoms with van der Waals surface area (Å²) < 4.78 is 0. The molecule has 0 saturated carbocycles. The Morgan fingerprint density at radius 2 is 1.87 bits per heavy atom. The zero-order valence-electron chi connectivity index (χ0n) is 13.1. The molecule has 0 unspecified atom stereocenters. The summed E-state index contributed by atoms with van der Waals surface area (Å²) in [5.74, 6) is -0.911. The van der Waals surface area contributed by atoms with Gasteiger partial charge in [0, 0.05) is 37.3 Å². The third-order valence-electron chi connectivity index (χ3n) is 4.78. The van der Waals surface area contributed by atoms with E-state index in [1.807, 2.05) is 0 Å². The predicted octanol–water partition coefficient (Wildman–Crippen LogP) is 1.75. The van der Waals surface area contributed by atoms with Gasteiger partial charge in [0.05, 0.1) is 5.41 Å². The van der Waals surface area contributed by atoms with Crippen molar-refractivity contribution in [3.63, 3.8) is 0 Å². The molecule has 6 heteroatoms. The predicted molar refractivity (Wildman–Crippen MR) is 84.3 cm³/mol. The van der Waals surface area contributed by atoms with Gasteiger partial charge in [0.2, 0.25) is 5.91 Å². The number of amides is 2. The van der Waals surface area contributed by atoms with Crippen LogP contribution in [0.3, 0.4) is 0 Å². The van der Waals surface area contributed by atoms with Crippen molar-refractivity contribution in [2.75, 3.05) is 24.5 Å². The molecule has 2 fully saturated rings.